The number of hydrogen-bond donors (Lipinski definition) is 2. The van der Waals surface area contributed by atoms with Crippen LogP contribution in [0.25, 0.3) is 10.9 Å². The van der Waals surface area contributed by atoms with Gasteiger partial charge in [-0.2, -0.15) is 0 Å². The van der Waals surface area contributed by atoms with Crippen LogP contribution in [-0.4, -0.2) is 29.7 Å². The van der Waals surface area contributed by atoms with Crippen LogP contribution in [0.15, 0.2) is 48.5 Å². The van der Waals surface area contributed by atoms with E-state index in [-0.39, 0.29) is 5.54 Å². The van der Waals surface area contributed by atoms with E-state index in [1.54, 1.807) is 0 Å². The van der Waals surface area contributed by atoms with Crippen molar-refractivity contribution in [3.05, 3.63) is 64.7 Å². The number of fused-ring (bicyclic) bond motifs is 1. The molecular weight excluding hydrogens is 464 g/mol. The number of piperidine rings is 1. The number of para-hydroxylation sites is 1. The minimum Gasteiger partial charge on any atom is -0.371 e. The van der Waals surface area contributed by atoms with E-state index in [0.717, 1.165) is 48.8 Å². The minimum absolute atomic E-state index is 0.158. The van der Waals surface area contributed by atoms with Crippen molar-refractivity contribution in [2.24, 2.45) is 0 Å². The lowest BCUT2D eigenvalue weighted by atomic mass is 9.98. The minimum atomic E-state index is 0.158. The molecule has 4 rings (SSSR count). The van der Waals surface area contributed by atoms with E-state index in [9.17, 15) is 0 Å². The van der Waals surface area contributed by atoms with Crippen molar-refractivity contribution in [1.82, 2.24) is 10.3 Å². The van der Waals surface area contributed by atoms with Gasteiger partial charge in [-0.25, -0.2) is 4.98 Å². The smallest absolute Gasteiger partial charge is 0.131 e. The zero-order chi connectivity index (χ0) is 26.7. The van der Waals surface area contributed by atoms with Crippen LogP contribution in [0, 0.1) is 6.92 Å². The van der Waals surface area contributed by atoms with Gasteiger partial charge in [-0.1, -0.05) is 76.0 Å². The van der Waals surface area contributed by atoms with Crippen LogP contribution in [0.5, 0.6) is 0 Å². The molecule has 5 heteroatoms. The Morgan fingerprint density at radius 1 is 0.972 bits per heavy atom. The summed E-state index contributed by atoms with van der Waals surface area (Å²) in [6.45, 7) is 20.0. The van der Waals surface area contributed by atoms with Crippen LogP contribution in [0.3, 0.4) is 0 Å². The normalized spacial score (nSPS) is 14.0. The van der Waals surface area contributed by atoms with Crippen molar-refractivity contribution in [1.29, 1.82) is 0 Å². The van der Waals surface area contributed by atoms with E-state index in [4.69, 9.17) is 16.6 Å². The maximum Gasteiger partial charge on any atom is 0.131 e. The quantitative estimate of drug-likeness (QED) is 0.360. The fourth-order valence-electron chi connectivity index (χ4n) is 4.52. The maximum absolute atomic E-state index is 6.03. The van der Waals surface area contributed by atoms with Crippen molar-refractivity contribution in [3.8, 4) is 0 Å². The molecule has 0 aliphatic carbocycles. The van der Waals surface area contributed by atoms with Crippen molar-refractivity contribution in [2.75, 3.05) is 23.3 Å². The van der Waals surface area contributed by atoms with Gasteiger partial charge in [0, 0.05) is 47.2 Å². The predicted molar refractivity (Wildman–Crippen MR) is 161 cm³/mol. The van der Waals surface area contributed by atoms with Gasteiger partial charge < -0.3 is 15.5 Å². The van der Waals surface area contributed by atoms with Gasteiger partial charge in [0.15, 0.2) is 0 Å². The van der Waals surface area contributed by atoms with Crippen LogP contribution in [-0.2, 0) is 6.54 Å². The first kappa shape index (κ1) is 29.9. The Labute approximate surface area is 224 Å². The third kappa shape index (κ3) is 8.67. The highest BCUT2D eigenvalue weighted by Crippen LogP contribution is 2.35. The van der Waals surface area contributed by atoms with Gasteiger partial charge in [0.1, 0.15) is 5.82 Å². The Morgan fingerprint density at radius 3 is 2.14 bits per heavy atom. The first-order chi connectivity index (χ1) is 17.2. The van der Waals surface area contributed by atoms with Crippen molar-refractivity contribution < 1.29 is 0 Å². The molecule has 1 saturated heterocycles. The van der Waals surface area contributed by atoms with Gasteiger partial charge in [-0.05, 0) is 64.3 Å². The lowest BCUT2D eigenvalue weighted by Crippen LogP contribution is -2.49. The van der Waals surface area contributed by atoms with Crippen LogP contribution in [0.1, 0.15) is 78.9 Å². The third-order valence-corrected chi connectivity index (χ3v) is 6.18. The van der Waals surface area contributed by atoms with Crippen LogP contribution < -0.4 is 15.5 Å². The standard InChI is InChI=1S/C26H33ClN4.C3H8.C2H6/c1-18-24(31-15-13-21(14-16-31)30-26(2,3)4)22-7-5-6-8-23(22)29-25(18)28-17-19-9-11-20(27)12-10-19;1-3-2;1-2/h5-12,21,30H,13-17H2,1-4H3,(H,28,29);3H2,1-2H3;1-2H3. The average molecular weight is 511 g/mol. The van der Waals surface area contributed by atoms with Crippen molar-refractivity contribution in [2.45, 2.75) is 92.8 Å². The van der Waals surface area contributed by atoms with Crippen LogP contribution >= 0.6 is 11.6 Å². The van der Waals surface area contributed by atoms with E-state index in [1.165, 1.54) is 28.6 Å². The molecule has 0 atom stereocenters. The Balaban J connectivity index is 0.000000850. The summed E-state index contributed by atoms with van der Waals surface area (Å²) in [4.78, 5) is 7.50. The molecule has 0 amide bonds. The largest absolute Gasteiger partial charge is 0.371 e. The number of nitrogens with one attached hydrogen (secondary N) is 2. The number of nitrogens with zero attached hydrogens (tertiary/aromatic N) is 2. The fraction of sp³-hybridized carbons (Fsp3) is 0.516. The number of benzene rings is 2. The molecule has 2 N–H and O–H groups in total. The summed E-state index contributed by atoms with van der Waals surface area (Å²) in [5.74, 6) is 0.957. The Morgan fingerprint density at radius 2 is 1.56 bits per heavy atom. The highest BCUT2D eigenvalue weighted by atomic mass is 35.5. The second kappa shape index (κ2) is 14.4. The highest BCUT2D eigenvalue weighted by molar-refractivity contribution is 6.30. The Bertz CT molecular complexity index is 1050. The Hall–Kier alpha value is -2.30. The number of aromatic nitrogens is 1. The van der Waals surface area contributed by atoms with Gasteiger partial charge >= 0.3 is 0 Å². The monoisotopic (exact) mass is 510 g/mol. The molecule has 0 radical (unpaired) electrons. The maximum atomic E-state index is 6.03. The molecule has 0 bridgehead atoms. The number of hydrogen-bond acceptors (Lipinski definition) is 4. The Kier molecular flexibility index (Phi) is 12.0. The first-order valence-electron chi connectivity index (χ1n) is 13.6. The number of rotatable bonds is 5. The SMILES string of the molecule is CC.CCC.Cc1c(NCc2ccc(Cl)cc2)nc2ccccc2c1N1CCC(NC(C)(C)C)CC1. The topological polar surface area (TPSA) is 40.2 Å². The van der Waals surface area contributed by atoms with Gasteiger partial charge in [-0.3, -0.25) is 0 Å². The number of pyridine rings is 1. The van der Waals surface area contributed by atoms with Crippen LogP contribution in [0.2, 0.25) is 5.02 Å². The average Bonchev–Trinajstić information content (AvgIpc) is 2.85. The van der Waals surface area contributed by atoms with Gasteiger partial charge in [0.05, 0.1) is 11.2 Å². The second-order valence-electron chi connectivity index (χ2n) is 10.3. The molecular formula is C31H47ClN4. The molecule has 4 nitrogen and oxygen atoms in total. The van der Waals surface area contributed by atoms with Gasteiger partial charge in [0.25, 0.3) is 0 Å². The summed E-state index contributed by atoms with van der Waals surface area (Å²) in [6, 6.07) is 17.0. The summed E-state index contributed by atoms with van der Waals surface area (Å²) in [6.07, 6.45) is 3.56. The van der Waals surface area contributed by atoms with Gasteiger partial charge in [-0.15, -0.1) is 0 Å². The summed E-state index contributed by atoms with van der Waals surface area (Å²) in [5.41, 5.74) is 4.92. The summed E-state index contributed by atoms with van der Waals surface area (Å²) in [5, 5.41) is 9.34. The lowest BCUT2D eigenvalue weighted by Gasteiger charge is -2.38. The summed E-state index contributed by atoms with van der Waals surface area (Å²) < 4.78 is 0. The molecule has 0 spiro atoms. The summed E-state index contributed by atoms with van der Waals surface area (Å²) >= 11 is 6.03. The van der Waals surface area contributed by atoms with E-state index in [1.807, 2.05) is 26.0 Å². The van der Waals surface area contributed by atoms with Gasteiger partial charge in [0.2, 0.25) is 0 Å². The molecule has 0 unspecified atom stereocenters. The molecule has 3 aromatic rings. The van der Waals surface area contributed by atoms with Crippen LogP contribution in [0.4, 0.5) is 11.5 Å². The first-order valence-corrected chi connectivity index (χ1v) is 14.0. The second-order valence-corrected chi connectivity index (χ2v) is 10.7. The summed E-state index contributed by atoms with van der Waals surface area (Å²) in [7, 11) is 0. The molecule has 198 valence electrons. The van der Waals surface area contributed by atoms with E-state index >= 15 is 0 Å². The third-order valence-electron chi connectivity index (χ3n) is 5.92. The van der Waals surface area contributed by atoms with Crippen molar-refractivity contribution >= 4 is 34.0 Å². The molecule has 1 aromatic heterocycles. The predicted octanol–water partition coefficient (Wildman–Crippen LogP) is 8.61. The highest BCUT2D eigenvalue weighted by Gasteiger charge is 2.25. The zero-order valence-electron chi connectivity index (χ0n) is 23.7. The van der Waals surface area contributed by atoms with E-state index in [0.29, 0.717) is 6.04 Å². The molecule has 0 saturated carbocycles. The molecule has 1 fully saturated rings. The van der Waals surface area contributed by atoms with Crippen molar-refractivity contribution in [3.63, 3.8) is 0 Å². The number of anilines is 2. The molecule has 2 aromatic carbocycles. The lowest BCUT2D eigenvalue weighted by molar-refractivity contribution is 0.317. The van der Waals surface area contributed by atoms with E-state index in [2.05, 4.69) is 93.5 Å². The van der Waals surface area contributed by atoms with E-state index < -0.39 is 0 Å². The molecule has 36 heavy (non-hydrogen) atoms. The number of halogens is 1. The zero-order valence-corrected chi connectivity index (χ0v) is 24.5. The molecule has 1 aliphatic heterocycles. The fourth-order valence-corrected chi connectivity index (χ4v) is 4.64. The molecule has 2 heterocycles. The molecule has 1 aliphatic rings.